The van der Waals surface area contributed by atoms with Gasteiger partial charge in [-0.1, -0.05) is 11.6 Å². The Morgan fingerprint density at radius 3 is 3.14 bits per heavy atom. The quantitative estimate of drug-likeness (QED) is 0.867. The third-order valence-electron chi connectivity index (χ3n) is 2.66. The molecule has 1 aromatic rings. The zero-order valence-corrected chi connectivity index (χ0v) is 9.48. The minimum Gasteiger partial charge on any atom is -0.381 e. The third kappa shape index (κ3) is 2.48. The highest BCUT2D eigenvalue weighted by atomic mass is 35.5. The molecule has 0 spiro atoms. The van der Waals surface area contributed by atoms with Crippen molar-refractivity contribution in [3.05, 3.63) is 21.3 Å². The van der Waals surface area contributed by atoms with Crippen LogP contribution in [0.2, 0.25) is 4.34 Å². The molecule has 2 N–H and O–H groups in total. The molecule has 1 fully saturated rings. The van der Waals surface area contributed by atoms with E-state index in [1.807, 2.05) is 6.07 Å². The van der Waals surface area contributed by atoms with E-state index in [4.69, 9.17) is 22.1 Å². The van der Waals surface area contributed by atoms with Crippen LogP contribution in [0, 0.1) is 5.92 Å². The second kappa shape index (κ2) is 4.62. The van der Waals surface area contributed by atoms with Gasteiger partial charge in [0.05, 0.1) is 10.9 Å². The minimum absolute atomic E-state index is 0.211. The number of hydrogen-bond acceptors (Lipinski definition) is 3. The molecule has 0 bridgehead atoms. The lowest BCUT2D eigenvalue weighted by Gasteiger charge is -2.16. The van der Waals surface area contributed by atoms with Crippen LogP contribution in [-0.4, -0.2) is 19.3 Å². The van der Waals surface area contributed by atoms with Crippen LogP contribution in [-0.2, 0) is 11.2 Å². The zero-order valence-electron chi connectivity index (χ0n) is 7.91. The first-order chi connectivity index (χ1) is 6.75. The number of nitrogens with two attached hydrogens (primary N) is 1. The van der Waals surface area contributed by atoms with E-state index in [-0.39, 0.29) is 6.04 Å². The van der Waals surface area contributed by atoms with Crippen LogP contribution in [0.5, 0.6) is 0 Å². The highest BCUT2D eigenvalue weighted by molar-refractivity contribution is 7.14. The van der Waals surface area contributed by atoms with E-state index in [2.05, 4.69) is 5.38 Å². The molecule has 2 unspecified atom stereocenters. The summed E-state index contributed by atoms with van der Waals surface area (Å²) in [5.41, 5.74) is 7.35. The first-order valence-electron chi connectivity index (χ1n) is 4.82. The maximum absolute atomic E-state index is 6.10. The predicted octanol–water partition coefficient (Wildman–Crippen LogP) is 2.31. The summed E-state index contributed by atoms with van der Waals surface area (Å²) in [6.45, 7) is 1.68. The Hall–Kier alpha value is -0.0900. The molecule has 1 aromatic heterocycles. The normalized spacial score (nSPS) is 24.0. The van der Waals surface area contributed by atoms with Gasteiger partial charge < -0.3 is 10.5 Å². The number of ether oxygens (including phenoxy) is 1. The molecular formula is C10H14ClNOS. The highest BCUT2D eigenvalue weighted by Gasteiger charge is 2.22. The fourth-order valence-electron chi connectivity index (χ4n) is 1.78. The van der Waals surface area contributed by atoms with Crippen molar-refractivity contribution in [1.82, 2.24) is 0 Å². The number of halogens is 1. The van der Waals surface area contributed by atoms with Crippen molar-refractivity contribution in [2.75, 3.05) is 13.2 Å². The third-order valence-corrected chi connectivity index (χ3v) is 3.80. The van der Waals surface area contributed by atoms with Crippen LogP contribution in [0.15, 0.2) is 11.4 Å². The largest absolute Gasteiger partial charge is 0.381 e. The Kier molecular flexibility index (Phi) is 3.44. The van der Waals surface area contributed by atoms with Crippen LogP contribution in [0.3, 0.4) is 0 Å². The van der Waals surface area contributed by atoms with E-state index in [0.717, 1.165) is 30.4 Å². The Morgan fingerprint density at radius 1 is 1.71 bits per heavy atom. The van der Waals surface area contributed by atoms with Gasteiger partial charge in [0, 0.05) is 12.6 Å². The van der Waals surface area contributed by atoms with Gasteiger partial charge in [0.1, 0.15) is 0 Å². The molecule has 2 nitrogen and oxygen atoms in total. The molecule has 1 saturated heterocycles. The van der Waals surface area contributed by atoms with Crippen molar-refractivity contribution in [2.24, 2.45) is 11.7 Å². The van der Waals surface area contributed by atoms with Crippen molar-refractivity contribution in [3.8, 4) is 0 Å². The van der Waals surface area contributed by atoms with Gasteiger partial charge in [-0.3, -0.25) is 0 Å². The summed E-state index contributed by atoms with van der Waals surface area (Å²) in [7, 11) is 0. The van der Waals surface area contributed by atoms with Crippen molar-refractivity contribution >= 4 is 22.9 Å². The van der Waals surface area contributed by atoms with E-state index in [9.17, 15) is 0 Å². The van der Waals surface area contributed by atoms with Crippen molar-refractivity contribution < 1.29 is 4.74 Å². The highest BCUT2D eigenvalue weighted by Crippen LogP contribution is 2.23. The summed E-state index contributed by atoms with van der Waals surface area (Å²) in [6.07, 6.45) is 2.01. The van der Waals surface area contributed by atoms with Gasteiger partial charge in [0.2, 0.25) is 0 Å². The molecule has 78 valence electrons. The van der Waals surface area contributed by atoms with Gasteiger partial charge >= 0.3 is 0 Å². The predicted molar refractivity (Wildman–Crippen MR) is 59.9 cm³/mol. The van der Waals surface area contributed by atoms with Gasteiger partial charge in [-0.15, -0.1) is 11.3 Å². The summed E-state index contributed by atoms with van der Waals surface area (Å²) in [6, 6.07) is 2.21. The molecule has 14 heavy (non-hydrogen) atoms. The molecule has 0 saturated carbocycles. The molecule has 1 aliphatic heterocycles. The molecule has 4 heteroatoms. The Bertz CT molecular complexity index is 296. The van der Waals surface area contributed by atoms with Crippen LogP contribution in [0.25, 0.3) is 0 Å². The lowest BCUT2D eigenvalue weighted by atomic mass is 9.95. The fraction of sp³-hybridized carbons (Fsp3) is 0.600. The molecule has 0 aromatic carbocycles. The smallest absolute Gasteiger partial charge is 0.0931 e. The number of hydrogen-bond donors (Lipinski definition) is 1. The summed E-state index contributed by atoms with van der Waals surface area (Å²) in [4.78, 5) is 0. The molecule has 2 rings (SSSR count). The maximum Gasteiger partial charge on any atom is 0.0931 e. The molecule has 2 heterocycles. The van der Waals surface area contributed by atoms with Gasteiger partial charge in [0.15, 0.2) is 0 Å². The van der Waals surface area contributed by atoms with Crippen LogP contribution < -0.4 is 5.73 Å². The van der Waals surface area contributed by atoms with E-state index in [1.54, 1.807) is 11.3 Å². The number of rotatable bonds is 3. The summed E-state index contributed by atoms with van der Waals surface area (Å²) in [5.74, 6) is 0.522. The Balaban J connectivity index is 1.90. The zero-order chi connectivity index (χ0) is 9.97. The van der Waals surface area contributed by atoms with E-state index in [1.165, 1.54) is 5.56 Å². The first-order valence-corrected chi connectivity index (χ1v) is 6.07. The van der Waals surface area contributed by atoms with Crippen LogP contribution in [0.1, 0.15) is 12.0 Å². The molecule has 0 aliphatic carbocycles. The van der Waals surface area contributed by atoms with Gasteiger partial charge in [-0.05, 0) is 35.8 Å². The van der Waals surface area contributed by atoms with Crippen molar-refractivity contribution in [3.63, 3.8) is 0 Å². The molecule has 0 radical (unpaired) electrons. The first kappa shape index (κ1) is 10.4. The molecule has 1 aliphatic rings. The molecular weight excluding hydrogens is 218 g/mol. The maximum atomic E-state index is 6.10. The van der Waals surface area contributed by atoms with Crippen molar-refractivity contribution in [2.45, 2.75) is 18.9 Å². The van der Waals surface area contributed by atoms with E-state index >= 15 is 0 Å². The molecule has 2 atom stereocenters. The Morgan fingerprint density at radius 2 is 2.57 bits per heavy atom. The van der Waals surface area contributed by atoms with Gasteiger partial charge in [-0.2, -0.15) is 0 Å². The second-order valence-electron chi connectivity index (χ2n) is 3.75. The average molecular weight is 232 g/mol. The van der Waals surface area contributed by atoms with Gasteiger partial charge in [0.25, 0.3) is 0 Å². The van der Waals surface area contributed by atoms with E-state index in [0.29, 0.717) is 5.92 Å². The lowest BCUT2D eigenvalue weighted by molar-refractivity contribution is 0.180. The van der Waals surface area contributed by atoms with Crippen LogP contribution >= 0.6 is 22.9 Å². The Labute approximate surface area is 93.0 Å². The minimum atomic E-state index is 0.211. The monoisotopic (exact) mass is 231 g/mol. The summed E-state index contributed by atoms with van der Waals surface area (Å²) >= 11 is 7.42. The average Bonchev–Trinajstić information content (AvgIpc) is 2.75. The standard InChI is InChI=1S/C10H14ClNOS/c11-10-4-7(6-14-10)3-9(12)8-1-2-13-5-8/h4,6,8-9H,1-3,5,12H2. The topological polar surface area (TPSA) is 35.2 Å². The molecule has 0 amide bonds. The fourth-order valence-corrected chi connectivity index (χ4v) is 2.70. The SMILES string of the molecule is NC(Cc1csc(Cl)c1)C1CCOC1. The summed E-state index contributed by atoms with van der Waals surface area (Å²) < 4.78 is 6.16. The number of thiophene rings is 1. The second-order valence-corrected chi connectivity index (χ2v) is 5.29. The van der Waals surface area contributed by atoms with Gasteiger partial charge in [-0.25, -0.2) is 0 Å². The summed E-state index contributed by atoms with van der Waals surface area (Å²) in [5, 5.41) is 2.08. The van der Waals surface area contributed by atoms with Crippen molar-refractivity contribution in [1.29, 1.82) is 0 Å². The van der Waals surface area contributed by atoms with E-state index < -0.39 is 0 Å². The van der Waals surface area contributed by atoms with Crippen LogP contribution in [0.4, 0.5) is 0 Å². The lowest BCUT2D eigenvalue weighted by Crippen LogP contribution is -2.32.